The van der Waals surface area contributed by atoms with Crippen LogP contribution in [0.3, 0.4) is 0 Å². The lowest BCUT2D eigenvalue weighted by Gasteiger charge is -2.36. The van der Waals surface area contributed by atoms with Gasteiger partial charge in [0.15, 0.2) is 12.6 Å². The van der Waals surface area contributed by atoms with E-state index < -0.39 is 0 Å². The molecular weight excluding hydrogens is 420 g/mol. The number of ether oxygens (including phenoxy) is 5. The first-order valence-corrected chi connectivity index (χ1v) is 14.5. The minimum absolute atomic E-state index is 0.0798. The average Bonchev–Trinajstić information content (AvgIpc) is 2.69. The summed E-state index contributed by atoms with van der Waals surface area (Å²) in [6.45, 7) is 15.7. The summed E-state index contributed by atoms with van der Waals surface area (Å²) in [5.41, 5.74) is 5.86. The molecule has 2 N–H and O–H groups in total. The van der Waals surface area contributed by atoms with Crippen LogP contribution < -0.4 is 5.73 Å². The highest BCUT2D eigenvalue weighted by Crippen LogP contribution is 2.33. The van der Waals surface area contributed by atoms with Gasteiger partial charge in [-0.3, -0.25) is 0 Å². The lowest BCUT2D eigenvalue weighted by molar-refractivity contribution is -0.120. The van der Waals surface area contributed by atoms with Crippen LogP contribution >= 0.6 is 17.2 Å². The summed E-state index contributed by atoms with van der Waals surface area (Å²) in [5.74, 6) is 0. The molecule has 8 heteroatoms. The summed E-state index contributed by atoms with van der Waals surface area (Å²) in [6.07, 6.45) is 7.16. The minimum atomic E-state index is -0.137. The van der Waals surface area contributed by atoms with Gasteiger partial charge in [-0.25, -0.2) is 0 Å². The average molecular weight is 470 g/mol. The van der Waals surface area contributed by atoms with Crippen molar-refractivity contribution in [2.75, 3.05) is 57.6 Å². The topological polar surface area (TPSA) is 72.2 Å². The normalized spacial score (nSPS) is 15.0. The van der Waals surface area contributed by atoms with Crippen molar-refractivity contribution < 1.29 is 23.7 Å². The van der Waals surface area contributed by atoms with Gasteiger partial charge in [-0.1, -0.05) is 0 Å². The number of hydrogen-bond donors (Lipinski definition) is 1. The Morgan fingerprint density at radius 3 is 1.40 bits per heavy atom. The Balaban J connectivity index is 4.67. The summed E-state index contributed by atoms with van der Waals surface area (Å²) in [6, 6.07) is 0. The lowest BCUT2D eigenvalue weighted by atomic mass is 9.92. The Bertz CT molecular complexity index is 341. The van der Waals surface area contributed by atoms with Crippen molar-refractivity contribution in [3.8, 4) is 0 Å². The first-order chi connectivity index (χ1) is 14.5. The highest BCUT2D eigenvalue weighted by atomic mass is 31.1. The van der Waals surface area contributed by atoms with Crippen molar-refractivity contribution in [2.45, 2.75) is 85.1 Å². The van der Waals surface area contributed by atoms with Gasteiger partial charge in [0.05, 0.1) is 11.7 Å². The molecule has 0 spiro atoms. The SMILES string of the molecule is CCOC(CPCCC(CCN)(CCPCC(OCC)OCC)OC(C)C)OCC. The van der Waals surface area contributed by atoms with E-state index in [-0.39, 0.29) is 24.3 Å². The molecule has 0 heterocycles. The third-order valence-electron chi connectivity index (χ3n) is 4.63. The fourth-order valence-electron chi connectivity index (χ4n) is 3.46. The molecule has 0 aromatic rings. The van der Waals surface area contributed by atoms with E-state index in [1.165, 1.54) is 0 Å². The first kappa shape index (κ1) is 30.6. The Morgan fingerprint density at radius 1 is 0.700 bits per heavy atom. The van der Waals surface area contributed by atoms with Gasteiger partial charge in [-0.2, -0.15) is 0 Å². The standard InChI is InChI=1S/C22H49NO5P2/c1-7-24-20(25-8-2)17-29-15-12-22(11-14-23,28-19(5)6)13-16-30-18-21(26-9-3)27-10-4/h19-21,29-30H,7-18,23H2,1-6H3. The maximum absolute atomic E-state index is 6.49. The van der Waals surface area contributed by atoms with Crippen molar-refractivity contribution in [3.63, 3.8) is 0 Å². The second-order valence-corrected chi connectivity index (χ2v) is 10.3. The third-order valence-corrected chi connectivity index (χ3v) is 7.08. The largest absolute Gasteiger partial charge is 0.372 e. The van der Waals surface area contributed by atoms with Crippen LogP contribution in [0.25, 0.3) is 0 Å². The summed E-state index contributed by atoms with van der Waals surface area (Å²) < 4.78 is 29.2. The van der Waals surface area contributed by atoms with Crippen molar-refractivity contribution in [2.24, 2.45) is 5.73 Å². The van der Waals surface area contributed by atoms with Crippen LogP contribution in [-0.2, 0) is 23.7 Å². The molecule has 30 heavy (non-hydrogen) atoms. The summed E-state index contributed by atoms with van der Waals surface area (Å²) in [4.78, 5) is 0. The van der Waals surface area contributed by atoms with Crippen molar-refractivity contribution in [1.82, 2.24) is 0 Å². The van der Waals surface area contributed by atoms with E-state index in [1.807, 2.05) is 27.7 Å². The van der Waals surface area contributed by atoms with E-state index >= 15 is 0 Å². The van der Waals surface area contributed by atoms with Crippen LogP contribution in [0, 0.1) is 0 Å². The van der Waals surface area contributed by atoms with Crippen LogP contribution in [-0.4, -0.2) is 81.9 Å². The van der Waals surface area contributed by atoms with Gasteiger partial charge in [0.1, 0.15) is 0 Å². The molecule has 2 atom stereocenters. The molecule has 0 fully saturated rings. The number of nitrogens with two attached hydrogens (primary N) is 1. The predicted octanol–water partition coefficient (Wildman–Crippen LogP) is 4.43. The van der Waals surface area contributed by atoms with Crippen LogP contribution in [0.15, 0.2) is 0 Å². The molecule has 0 aliphatic rings. The molecule has 0 aromatic heterocycles. The molecule has 0 aromatic carbocycles. The molecule has 0 aliphatic carbocycles. The summed E-state index contributed by atoms with van der Waals surface area (Å²) in [7, 11) is 1.60. The fourth-order valence-corrected chi connectivity index (χ4v) is 6.08. The Kier molecular flexibility index (Phi) is 20.7. The van der Waals surface area contributed by atoms with Gasteiger partial charge in [-0.15, -0.1) is 17.2 Å². The van der Waals surface area contributed by atoms with E-state index in [0.29, 0.717) is 33.0 Å². The maximum atomic E-state index is 6.49. The predicted molar refractivity (Wildman–Crippen MR) is 132 cm³/mol. The van der Waals surface area contributed by atoms with Crippen LogP contribution in [0.4, 0.5) is 0 Å². The lowest BCUT2D eigenvalue weighted by Crippen LogP contribution is -2.39. The molecule has 0 radical (unpaired) electrons. The monoisotopic (exact) mass is 469 g/mol. The number of hydrogen-bond acceptors (Lipinski definition) is 6. The molecule has 6 nitrogen and oxygen atoms in total. The molecular formula is C22H49NO5P2. The van der Waals surface area contributed by atoms with Gasteiger partial charge in [0.2, 0.25) is 0 Å². The fraction of sp³-hybridized carbons (Fsp3) is 1.00. The zero-order valence-electron chi connectivity index (χ0n) is 20.3. The second-order valence-electron chi connectivity index (χ2n) is 7.48. The van der Waals surface area contributed by atoms with Crippen molar-refractivity contribution in [3.05, 3.63) is 0 Å². The van der Waals surface area contributed by atoms with Gasteiger partial charge in [0.25, 0.3) is 0 Å². The molecule has 0 rings (SSSR count). The van der Waals surface area contributed by atoms with Crippen LogP contribution in [0.2, 0.25) is 0 Å². The van der Waals surface area contributed by atoms with Crippen LogP contribution in [0.1, 0.15) is 60.8 Å². The molecule has 182 valence electrons. The highest BCUT2D eigenvalue weighted by Gasteiger charge is 2.30. The molecule has 0 bridgehead atoms. The van der Waals surface area contributed by atoms with Gasteiger partial charge in [0, 0.05) is 38.8 Å². The Labute approximate surface area is 189 Å². The van der Waals surface area contributed by atoms with E-state index in [9.17, 15) is 0 Å². The van der Waals surface area contributed by atoms with E-state index in [1.54, 1.807) is 0 Å². The Morgan fingerprint density at radius 2 is 1.10 bits per heavy atom. The highest BCUT2D eigenvalue weighted by molar-refractivity contribution is 7.38. The third kappa shape index (κ3) is 15.4. The molecule has 0 saturated carbocycles. The van der Waals surface area contributed by atoms with Crippen molar-refractivity contribution in [1.29, 1.82) is 0 Å². The quantitative estimate of drug-likeness (QED) is 0.144. The number of rotatable bonds is 22. The second kappa shape index (κ2) is 20.2. The zero-order valence-corrected chi connectivity index (χ0v) is 22.3. The summed E-state index contributed by atoms with van der Waals surface area (Å²) >= 11 is 0. The van der Waals surface area contributed by atoms with E-state index in [2.05, 4.69) is 13.8 Å². The molecule has 2 unspecified atom stereocenters. The van der Waals surface area contributed by atoms with Gasteiger partial charge < -0.3 is 29.4 Å². The van der Waals surface area contributed by atoms with Crippen molar-refractivity contribution >= 4 is 17.2 Å². The summed E-state index contributed by atoms with van der Waals surface area (Å²) in [5, 5.41) is 0. The van der Waals surface area contributed by atoms with E-state index in [4.69, 9.17) is 29.4 Å². The smallest absolute Gasteiger partial charge is 0.161 e. The zero-order chi connectivity index (χ0) is 22.7. The van der Waals surface area contributed by atoms with Crippen LogP contribution in [0.5, 0.6) is 0 Å². The van der Waals surface area contributed by atoms with E-state index in [0.717, 1.165) is 61.1 Å². The molecule has 0 saturated heterocycles. The Hall–Kier alpha value is 0.620. The first-order valence-electron chi connectivity index (χ1n) is 11.7. The minimum Gasteiger partial charge on any atom is -0.372 e. The maximum Gasteiger partial charge on any atom is 0.161 e. The van der Waals surface area contributed by atoms with Gasteiger partial charge in [-0.05, 0) is 79.7 Å². The molecule has 0 amide bonds. The van der Waals surface area contributed by atoms with Gasteiger partial charge >= 0.3 is 0 Å². The molecule has 0 aliphatic heterocycles.